The second kappa shape index (κ2) is 7.03. The van der Waals surface area contributed by atoms with Crippen LogP contribution in [0, 0.1) is 11.3 Å². The quantitative estimate of drug-likeness (QED) is 0.823. The second-order valence-electron chi connectivity index (χ2n) is 5.13. The Labute approximate surface area is 126 Å². The molecule has 0 spiro atoms. The van der Waals surface area contributed by atoms with Crippen molar-refractivity contribution in [3.05, 3.63) is 29.8 Å². The molecule has 1 aromatic carbocycles. The summed E-state index contributed by atoms with van der Waals surface area (Å²) >= 11 is 0. The van der Waals surface area contributed by atoms with Crippen molar-refractivity contribution in [2.24, 2.45) is 0 Å². The minimum atomic E-state index is -3.31. The fourth-order valence-electron chi connectivity index (χ4n) is 2.45. The van der Waals surface area contributed by atoms with Gasteiger partial charge in [-0.3, -0.25) is 4.90 Å². The van der Waals surface area contributed by atoms with E-state index in [2.05, 4.69) is 11.8 Å². The standard InChI is InChI=1S/C15H20N2O3S/c1-2-14-12-20-9-7-17(14)8-10-21(18,19)15-5-3-13(11-16)4-6-15/h3-6,14H,2,7-10,12H2,1H3. The van der Waals surface area contributed by atoms with Crippen LogP contribution in [0.3, 0.4) is 0 Å². The zero-order valence-electron chi connectivity index (χ0n) is 12.2. The maximum atomic E-state index is 12.3. The second-order valence-corrected chi connectivity index (χ2v) is 7.24. The third-order valence-electron chi connectivity index (χ3n) is 3.81. The highest BCUT2D eigenvalue weighted by Gasteiger charge is 2.23. The Kier molecular flexibility index (Phi) is 5.34. The average Bonchev–Trinajstić information content (AvgIpc) is 2.53. The van der Waals surface area contributed by atoms with Gasteiger partial charge in [0.2, 0.25) is 0 Å². The highest BCUT2D eigenvalue weighted by molar-refractivity contribution is 7.91. The van der Waals surface area contributed by atoms with Crippen LogP contribution in [0.5, 0.6) is 0 Å². The Bertz CT molecular complexity index is 605. The van der Waals surface area contributed by atoms with Gasteiger partial charge >= 0.3 is 0 Å². The third-order valence-corrected chi connectivity index (χ3v) is 5.52. The summed E-state index contributed by atoms with van der Waals surface area (Å²) in [5.41, 5.74) is 0.466. The Morgan fingerprint density at radius 3 is 2.71 bits per heavy atom. The molecule has 1 unspecified atom stereocenters. The molecule has 1 heterocycles. The van der Waals surface area contributed by atoms with Crippen LogP contribution in [-0.4, -0.2) is 51.4 Å². The maximum absolute atomic E-state index is 12.3. The number of hydrogen-bond acceptors (Lipinski definition) is 5. The number of ether oxygens (including phenoxy) is 1. The van der Waals surface area contributed by atoms with Gasteiger partial charge in [-0.1, -0.05) is 6.92 Å². The van der Waals surface area contributed by atoms with E-state index in [4.69, 9.17) is 10.00 Å². The topological polar surface area (TPSA) is 70.4 Å². The summed E-state index contributed by atoms with van der Waals surface area (Å²) in [6, 6.07) is 8.37. The summed E-state index contributed by atoms with van der Waals surface area (Å²) in [5.74, 6) is 0.0927. The van der Waals surface area contributed by atoms with E-state index >= 15 is 0 Å². The lowest BCUT2D eigenvalue weighted by molar-refractivity contribution is -0.00550. The lowest BCUT2D eigenvalue weighted by Gasteiger charge is -2.34. The van der Waals surface area contributed by atoms with E-state index in [1.165, 1.54) is 24.3 Å². The molecule has 1 aliphatic rings. The van der Waals surface area contributed by atoms with Crippen molar-refractivity contribution >= 4 is 9.84 Å². The van der Waals surface area contributed by atoms with Crippen molar-refractivity contribution in [2.75, 3.05) is 32.1 Å². The van der Waals surface area contributed by atoms with E-state index < -0.39 is 9.84 Å². The molecule has 114 valence electrons. The molecule has 2 rings (SSSR count). The Hall–Kier alpha value is -1.42. The molecule has 0 N–H and O–H groups in total. The van der Waals surface area contributed by atoms with Crippen LogP contribution in [-0.2, 0) is 14.6 Å². The van der Waals surface area contributed by atoms with Gasteiger partial charge in [0.15, 0.2) is 9.84 Å². The first-order valence-corrected chi connectivity index (χ1v) is 8.76. The van der Waals surface area contributed by atoms with Crippen LogP contribution in [0.4, 0.5) is 0 Å². The lowest BCUT2D eigenvalue weighted by atomic mass is 10.2. The van der Waals surface area contributed by atoms with Crippen LogP contribution >= 0.6 is 0 Å². The smallest absolute Gasteiger partial charge is 0.179 e. The normalized spacial score (nSPS) is 20.1. The van der Waals surface area contributed by atoms with E-state index in [1.807, 2.05) is 6.07 Å². The largest absolute Gasteiger partial charge is 0.378 e. The number of benzene rings is 1. The Morgan fingerprint density at radius 2 is 2.10 bits per heavy atom. The third kappa shape index (κ3) is 4.03. The minimum Gasteiger partial charge on any atom is -0.378 e. The highest BCUT2D eigenvalue weighted by Crippen LogP contribution is 2.15. The van der Waals surface area contributed by atoms with Gasteiger partial charge in [0.1, 0.15) is 0 Å². The monoisotopic (exact) mass is 308 g/mol. The average molecular weight is 308 g/mol. The summed E-state index contributed by atoms with van der Waals surface area (Å²) in [4.78, 5) is 2.47. The number of rotatable bonds is 5. The molecule has 1 saturated heterocycles. The van der Waals surface area contributed by atoms with Crippen LogP contribution < -0.4 is 0 Å². The van der Waals surface area contributed by atoms with Gasteiger partial charge in [-0.25, -0.2) is 8.42 Å². The molecule has 0 aromatic heterocycles. The minimum absolute atomic E-state index is 0.0927. The van der Waals surface area contributed by atoms with Crippen LogP contribution in [0.25, 0.3) is 0 Å². The van der Waals surface area contributed by atoms with Gasteiger partial charge in [0.25, 0.3) is 0 Å². The van der Waals surface area contributed by atoms with E-state index in [0.29, 0.717) is 31.4 Å². The van der Waals surface area contributed by atoms with E-state index in [9.17, 15) is 8.42 Å². The Morgan fingerprint density at radius 1 is 1.38 bits per heavy atom. The van der Waals surface area contributed by atoms with Crippen LogP contribution in [0.15, 0.2) is 29.2 Å². The zero-order valence-corrected chi connectivity index (χ0v) is 13.0. The van der Waals surface area contributed by atoms with Gasteiger partial charge in [-0.05, 0) is 30.7 Å². The number of morpholine rings is 1. The molecule has 1 aromatic rings. The molecule has 0 amide bonds. The van der Waals surface area contributed by atoms with Gasteiger partial charge in [0, 0.05) is 19.1 Å². The van der Waals surface area contributed by atoms with Crippen molar-refractivity contribution < 1.29 is 13.2 Å². The number of nitriles is 1. The molecule has 0 aliphatic carbocycles. The molecular formula is C15H20N2O3S. The summed E-state index contributed by atoms with van der Waals surface area (Å²) < 4.78 is 30.1. The summed E-state index contributed by atoms with van der Waals surface area (Å²) in [7, 11) is -3.31. The molecule has 6 heteroatoms. The van der Waals surface area contributed by atoms with Crippen molar-refractivity contribution in [1.29, 1.82) is 5.26 Å². The molecular weight excluding hydrogens is 288 g/mol. The van der Waals surface area contributed by atoms with Crippen molar-refractivity contribution in [2.45, 2.75) is 24.3 Å². The molecule has 21 heavy (non-hydrogen) atoms. The molecule has 1 aliphatic heterocycles. The lowest BCUT2D eigenvalue weighted by Crippen LogP contribution is -2.46. The highest BCUT2D eigenvalue weighted by atomic mass is 32.2. The fourth-order valence-corrected chi connectivity index (χ4v) is 3.71. The van der Waals surface area contributed by atoms with E-state index in [1.54, 1.807) is 0 Å². The number of sulfone groups is 1. The summed E-state index contributed by atoms with van der Waals surface area (Å²) in [6.45, 7) is 4.72. The van der Waals surface area contributed by atoms with Crippen molar-refractivity contribution in [3.63, 3.8) is 0 Å². The molecule has 5 nitrogen and oxygen atoms in total. The van der Waals surface area contributed by atoms with Gasteiger partial charge < -0.3 is 4.74 Å². The van der Waals surface area contributed by atoms with Crippen molar-refractivity contribution in [1.82, 2.24) is 4.90 Å². The fraction of sp³-hybridized carbons (Fsp3) is 0.533. The maximum Gasteiger partial charge on any atom is 0.179 e. The Balaban J connectivity index is 2.01. The first kappa shape index (κ1) is 16.0. The summed E-state index contributed by atoms with van der Waals surface area (Å²) in [6.07, 6.45) is 0.955. The first-order chi connectivity index (χ1) is 10.1. The van der Waals surface area contributed by atoms with Gasteiger partial charge in [-0.2, -0.15) is 5.26 Å². The molecule has 0 bridgehead atoms. The predicted molar refractivity (Wildman–Crippen MR) is 79.7 cm³/mol. The first-order valence-electron chi connectivity index (χ1n) is 7.11. The van der Waals surface area contributed by atoms with E-state index in [0.717, 1.165) is 13.0 Å². The summed E-state index contributed by atoms with van der Waals surface area (Å²) in [5, 5.41) is 8.74. The van der Waals surface area contributed by atoms with Crippen LogP contribution in [0.2, 0.25) is 0 Å². The van der Waals surface area contributed by atoms with Crippen molar-refractivity contribution in [3.8, 4) is 6.07 Å². The van der Waals surface area contributed by atoms with E-state index in [-0.39, 0.29) is 10.6 Å². The SMILES string of the molecule is CCC1COCCN1CCS(=O)(=O)c1ccc(C#N)cc1. The predicted octanol–water partition coefficient (Wildman–Crippen LogP) is 1.44. The zero-order chi connectivity index (χ0) is 15.3. The van der Waals surface area contributed by atoms with Gasteiger partial charge in [0.05, 0.1) is 35.5 Å². The molecule has 0 radical (unpaired) electrons. The molecule has 1 fully saturated rings. The number of hydrogen-bond donors (Lipinski definition) is 0. The number of nitrogens with zero attached hydrogens (tertiary/aromatic N) is 2. The van der Waals surface area contributed by atoms with Gasteiger partial charge in [-0.15, -0.1) is 0 Å². The van der Waals surface area contributed by atoms with Crippen LogP contribution in [0.1, 0.15) is 18.9 Å². The molecule has 1 atom stereocenters. The molecule has 0 saturated carbocycles.